The monoisotopic (exact) mass is 292 g/mol. The SMILES string of the molecule is CN(C)c1cccc(OC2CN(C(=O)OC(C)(C)C)C2)c1. The van der Waals surface area contributed by atoms with Crippen LogP contribution in [0.25, 0.3) is 0 Å². The van der Waals surface area contributed by atoms with Crippen molar-refractivity contribution in [1.29, 1.82) is 0 Å². The number of hydrogen-bond donors (Lipinski definition) is 0. The molecule has 0 bridgehead atoms. The number of amides is 1. The van der Waals surface area contributed by atoms with Crippen LogP contribution in [0.2, 0.25) is 0 Å². The van der Waals surface area contributed by atoms with Gasteiger partial charge in [0.05, 0.1) is 13.1 Å². The zero-order valence-electron chi connectivity index (χ0n) is 13.4. The number of likely N-dealkylation sites (tertiary alicyclic amines) is 1. The molecule has 1 aliphatic rings. The number of anilines is 1. The van der Waals surface area contributed by atoms with Gasteiger partial charge in [-0.3, -0.25) is 0 Å². The standard InChI is InChI=1S/C16H24N2O3/c1-16(2,3)21-15(19)18-10-14(11-18)20-13-8-6-7-12(9-13)17(4)5/h6-9,14H,10-11H2,1-5H3. The average Bonchev–Trinajstić information content (AvgIpc) is 2.31. The molecule has 0 radical (unpaired) electrons. The highest BCUT2D eigenvalue weighted by Gasteiger charge is 2.35. The van der Waals surface area contributed by atoms with Gasteiger partial charge in [-0.1, -0.05) is 6.07 Å². The van der Waals surface area contributed by atoms with E-state index in [1.54, 1.807) is 4.90 Å². The van der Waals surface area contributed by atoms with E-state index in [4.69, 9.17) is 9.47 Å². The van der Waals surface area contributed by atoms with Gasteiger partial charge in [0.2, 0.25) is 0 Å². The van der Waals surface area contributed by atoms with E-state index in [1.807, 2.05) is 64.0 Å². The zero-order chi connectivity index (χ0) is 15.6. The van der Waals surface area contributed by atoms with Crippen LogP contribution in [0.1, 0.15) is 20.8 Å². The third-order valence-electron chi connectivity index (χ3n) is 3.14. The Balaban J connectivity index is 1.83. The van der Waals surface area contributed by atoms with Crippen molar-refractivity contribution in [2.45, 2.75) is 32.5 Å². The van der Waals surface area contributed by atoms with Gasteiger partial charge >= 0.3 is 6.09 Å². The molecule has 1 amide bonds. The molecule has 0 aliphatic carbocycles. The van der Waals surface area contributed by atoms with E-state index in [2.05, 4.69) is 0 Å². The molecule has 0 saturated carbocycles. The molecule has 1 aliphatic heterocycles. The maximum absolute atomic E-state index is 11.8. The van der Waals surface area contributed by atoms with Crippen molar-refractivity contribution in [1.82, 2.24) is 4.90 Å². The van der Waals surface area contributed by atoms with E-state index in [0.29, 0.717) is 13.1 Å². The summed E-state index contributed by atoms with van der Waals surface area (Å²) in [5, 5.41) is 0. The fraction of sp³-hybridized carbons (Fsp3) is 0.562. The van der Waals surface area contributed by atoms with Crippen LogP contribution in [0.4, 0.5) is 10.5 Å². The second-order valence-corrected chi connectivity index (χ2v) is 6.52. The molecule has 0 aromatic heterocycles. The van der Waals surface area contributed by atoms with E-state index in [0.717, 1.165) is 11.4 Å². The highest BCUT2D eigenvalue weighted by molar-refractivity contribution is 5.69. The predicted octanol–water partition coefficient (Wildman–Crippen LogP) is 2.75. The van der Waals surface area contributed by atoms with E-state index in [9.17, 15) is 4.79 Å². The van der Waals surface area contributed by atoms with Crippen molar-refractivity contribution < 1.29 is 14.3 Å². The molecule has 21 heavy (non-hydrogen) atoms. The Kier molecular flexibility index (Phi) is 4.30. The number of hydrogen-bond acceptors (Lipinski definition) is 4. The first kappa shape index (κ1) is 15.5. The molecule has 1 heterocycles. The number of benzene rings is 1. The highest BCUT2D eigenvalue weighted by Crippen LogP contribution is 2.23. The molecule has 1 aromatic rings. The van der Waals surface area contributed by atoms with E-state index in [-0.39, 0.29) is 12.2 Å². The third kappa shape index (κ3) is 4.28. The molecular weight excluding hydrogens is 268 g/mol. The van der Waals surface area contributed by atoms with Crippen LogP contribution in [-0.4, -0.2) is 49.9 Å². The number of rotatable bonds is 3. The van der Waals surface area contributed by atoms with Crippen molar-refractivity contribution in [2.24, 2.45) is 0 Å². The van der Waals surface area contributed by atoms with Gasteiger partial charge in [-0.15, -0.1) is 0 Å². The second-order valence-electron chi connectivity index (χ2n) is 6.52. The van der Waals surface area contributed by atoms with Crippen molar-refractivity contribution in [3.05, 3.63) is 24.3 Å². The molecule has 2 rings (SSSR count). The molecule has 1 fully saturated rings. The van der Waals surface area contributed by atoms with Crippen LogP contribution < -0.4 is 9.64 Å². The molecule has 5 nitrogen and oxygen atoms in total. The number of carbonyl (C=O) groups is 1. The molecule has 5 heteroatoms. The summed E-state index contributed by atoms with van der Waals surface area (Å²) in [5.41, 5.74) is 0.638. The van der Waals surface area contributed by atoms with Gasteiger partial charge in [0.15, 0.2) is 0 Å². The van der Waals surface area contributed by atoms with Gasteiger partial charge in [0.25, 0.3) is 0 Å². The Morgan fingerprint density at radius 3 is 2.52 bits per heavy atom. The molecular formula is C16H24N2O3. The van der Waals surface area contributed by atoms with Crippen molar-refractivity contribution >= 4 is 11.8 Å². The van der Waals surface area contributed by atoms with E-state index >= 15 is 0 Å². The minimum Gasteiger partial charge on any atom is -0.487 e. The summed E-state index contributed by atoms with van der Waals surface area (Å²) in [6.07, 6.45) is -0.237. The molecule has 116 valence electrons. The maximum atomic E-state index is 11.8. The molecule has 0 atom stereocenters. The number of carbonyl (C=O) groups excluding carboxylic acids is 1. The van der Waals surface area contributed by atoms with Crippen LogP contribution in [-0.2, 0) is 4.74 Å². The van der Waals surface area contributed by atoms with Crippen LogP contribution in [0.5, 0.6) is 5.75 Å². The van der Waals surface area contributed by atoms with Crippen LogP contribution >= 0.6 is 0 Å². The lowest BCUT2D eigenvalue weighted by Crippen LogP contribution is -2.57. The van der Waals surface area contributed by atoms with Crippen molar-refractivity contribution in [3.63, 3.8) is 0 Å². The highest BCUT2D eigenvalue weighted by atomic mass is 16.6. The fourth-order valence-electron chi connectivity index (χ4n) is 2.02. The lowest BCUT2D eigenvalue weighted by molar-refractivity contribution is -0.0221. The summed E-state index contributed by atoms with van der Waals surface area (Å²) < 4.78 is 11.2. The fourth-order valence-corrected chi connectivity index (χ4v) is 2.02. The Bertz CT molecular complexity index is 502. The van der Waals surface area contributed by atoms with Gasteiger partial charge in [-0.05, 0) is 32.9 Å². The van der Waals surface area contributed by atoms with Crippen LogP contribution in [0.3, 0.4) is 0 Å². The normalized spacial score (nSPS) is 15.4. The Morgan fingerprint density at radius 1 is 1.29 bits per heavy atom. The smallest absolute Gasteiger partial charge is 0.410 e. The summed E-state index contributed by atoms with van der Waals surface area (Å²) in [5.74, 6) is 0.829. The molecule has 1 aromatic carbocycles. The number of ether oxygens (including phenoxy) is 2. The summed E-state index contributed by atoms with van der Waals surface area (Å²) in [7, 11) is 3.99. The first-order valence-corrected chi connectivity index (χ1v) is 7.16. The van der Waals surface area contributed by atoms with E-state index < -0.39 is 5.60 Å². The van der Waals surface area contributed by atoms with Crippen molar-refractivity contribution in [3.8, 4) is 5.75 Å². The van der Waals surface area contributed by atoms with Gasteiger partial charge < -0.3 is 19.3 Å². The Labute approximate surface area is 126 Å². The number of nitrogens with zero attached hydrogens (tertiary/aromatic N) is 2. The molecule has 0 N–H and O–H groups in total. The zero-order valence-corrected chi connectivity index (χ0v) is 13.4. The lowest BCUT2D eigenvalue weighted by Gasteiger charge is -2.39. The molecule has 0 unspecified atom stereocenters. The van der Waals surface area contributed by atoms with Gasteiger partial charge in [-0.25, -0.2) is 4.79 Å². The minimum atomic E-state index is -0.455. The molecule has 0 spiro atoms. The first-order chi connectivity index (χ1) is 9.74. The Morgan fingerprint density at radius 2 is 1.95 bits per heavy atom. The summed E-state index contributed by atoms with van der Waals surface area (Å²) in [6, 6.07) is 7.93. The quantitative estimate of drug-likeness (QED) is 0.859. The average molecular weight is 292 g/mol. The summed E-state index contributed by atoms with van der Waals surface area (Å²) in [4.78, 5) is 15.5. The Hall–Kier alpha value is -1.91. The summed E-state index contributed by atoms with van der Waals surface area (Å²) in [6.45, 7) is 6.74. The van der Waals surface area contributed by atoms with E-state index in [1.165, 1.54) is 0 Å². The topological polar surface area (TPSA) is 42.0 Å². The van der Waals surface area contributed by atoms with Gasteiger partial charge in [0, 0.05) is 25.8 Å². The largest absolute Gasteiger partial charge is 0.487 e. The summed E-state index contributed by atoms with van der Waals surface area (Å²) >= 11 is 0. The van der Waals surface area contributed by atoms with Crippen molar-refractivity contribution in [2.75, 3.05) is 32.1 Å². The van der Waals surface area contributed by atoms with Crippen LogP contribution in [0, 0.1) is 0 Å². The third-order valence-corrected chi connectivity index (χ3v) is 3.14. The lowest BCUT2D eigenvalue weighted by atomic mass is 10.1. The van der Waals surface area contributed by atoms with Gasteiger partial charge in [0.1, 0.15) is 17.5 Å². The predicted molar refractivity (Wildman–Crippen MR) is 83.0 cm³/mol. The maximum Gasteiger partial charge on any atom is 0.410 e. The second kappa shape index (κ2) is 5.84. The van der Waals surface area contributed by atoms with Crippen LogP contribution in [0.15, 0.2) is 24.3 Å². The first-order valence-electron chi connectivity index (χ1n) is 7.16. The molecule has 1 saturated heterocycles. The minimum absolute atomic E-state index is 0.0370. The van der Waals surface area contributed by atoms with Gasteiger partial charge in [-0.2, -0.15) is 0 Å².